The van der Waals surface area contributed by atoms with Gasteiger partial charge in [-0.2, -0.15) is 0 Å². The second-order valence-corrected chi connectivity index (χ2v) is 7.96. The summed E-state index contributed by atoms with van der Waals surface area (Å²) in [7, 11) is 3.61. The second kappa shape index (κ2) is 8.24. The number of para-hydroxylation sites is 1. The highest BCUT2D eigenvalue weighted by atomic mass is 16.5. The lowest BCUT2D eigenvalue weighted by atomic mass is 9.93. The molecule has 0 unspecified atom stereocenters. The number of ether oxygens (including phenoxy) is 1. The normalized spacial score (nSPS) is 14.7. The van der Waals surface area contributed by atoms with E-state index in [-0.39, 0.29) is 5.91 Å². The fraction of sp³-hybridized carbons (Fsp3) is 0.360. The predicted molar refractivity (Wildman–Crippen MR) is 117 cm³/mol. The molecule has 0 radical (unpaired) electrons. The van der Waals surface area contributed by atoms with Crippen molar-refractivity contribution in [1.82, 2.24) is 9.88 Å². The van der Waals surface area contributed by atoms with E-state index in [0.29, 0.717) is 6.04 Å². The SMILES string of the molecule is COc1ccc(-c2cc(C(=O)N(C)C3CCCCC3)c3cccc(C)c3n2)cc1. The number of aryl methyl sites for hydroxylation is 1. The summed E-state index contributed by atoms with van der Waals surface area (Å²) >= 11 is 0. The van der Waals surface area contributed by atoms with E-state index in [1.165, 1.54) is 19.3 Å². The summed E-state index contributed by atoms with van der Waals surface area (Å²) in [5.41, 5.74) is 4.49. The van der Waals surface area contributed by atoms with Crippen molar-refractivity contribution in [3.8, 4) is 17.0 Å². The van der Waals surface area contributed by atoms with Crippen LogP contribution in [-0.2, 0) is 0 Å². The van der Waals surface area contributed by atoms with Crippen LogP contribution in [0.1, 0.15) is 48.0 Å². The van der Waals surface area contributed by atoms with Gasteiger partial charge in [-0.05, 0) is 55.7 Å². The molecule has 0 atom stereocenters. The molecule has 1 fully saturated rings. The summed E-state index contributed by atoms with van der Waals surface area (Å²) in [6.45, 7) is 2.05. The molecule has 0 bridgehead atoms. The van der Waals surface area contributed by atoms with E-state index < -0.39 is 0 Å². The Balaban J connectivity index is 1.80. The molecule has 0 aliphatic heterocycles. The molecule has 0 saturated heterocycles. The molecule has 1 aromatic heterocycles. The lowest BCUT2D eigenvalue weighted by Crippen LogP contribution is -2.38. The predicted octanol–water partition coefficient (Wildman–Crippen LogP) is 5.62. The first kappa shape index (κ1) is 19.4. The monoisotopic (exact) mass is 388 g/mol. The van der Waals surface area contributed by atoms with Crippen LogP contribution in [0.3, 0.4) is 0 Å². The highest BCUT2D eigenvalue weighted by Crippen LogP contribution is 2.30. The Bertz CT molecular complexity index is 1020. The van der Waals surface area contributed by atoms with Gasteiger partial charge in [0.2, 0.25) is 0 Å². The number of hydrogen-bond donors (Lipinski definition) is 0. The van der Waals surface area contributed by atoms with Crippen LogP contribution in [-0.4, -0.2) is 36.0 Å². The first-order valence-electron chi connectivity index (χ1n) is 10.4. The molecule has 1 aliphatic carbocycles. The summed E-state index contributed by atoms with van der Waals surface area (Å²) in [6, 6.07) is 16.2. The quantitative estimate of drug-likeness (QED) is 0.582. The molecule has 4 rings (SSSR count). The van der Waals surface area contributed by atoms with Gasteiger partial charge in [0, 0.05) is 24.0 Å². The van der Waals surface area contributed by atoms with Gasteiger partial charge in [-0.1, -0.05) is 37.5 Å². The van der Waals surface area contributed by atoms with Crippen LogP contribution in [0, 0.1) is 6.92 Å². The molecular weight excluding hydrogens is 360 g/mol. The standard InChI is InChI=1S/C25H28N2O2/c1-17-8-7-11-21-22(25(28)27(2)19-9-5-4-6-10-19)16-23(26-24(17)21)18-12-14-20(29-3)15-13-18/h7-8,11-16,19H,4-6,9-10H2,1-3H3. The number of benzene rings is 2. The molecular formula is C25H28N2O2. The molecule has 0 spiro atoms. The van der Waals surface area contributed by atoms with Gasteiger partial charge in [-0.25, -0.2) is 4.98 Å². The Morgan fingerprint density at radius 1 is 1.07 bits per heavy atom. The van der Waals surface area contributed by atoms with Gasteiger partial charge < -0.3 is 9.64 Å². The van der Waals surface area contributed by atoms with Crippen molar-refractivity contribution in [2.75, 3.05) is 14.2 Å². The fourth-order valence-corrected chi connectivity index (χ4v) is 4.30. The van der Waals surface area contributed by atoms with Gasteiger partial charge in [0.15, 0.2) is 0 Å². The zero-order chi connectivity index (χ0) is 20.4. The maximum absolute atomic E-state index is 13.5. The van der Waals surface area contributed by atoms with Gasteiger partial charge in [0.05, 0.1) is 23.9 Å². The van der Waals surface area contributed by atoms with E-state index in [4.69, 9.17) is 9.72 Å². The first-order valence-corrected chi connectivity index (χ1v) is 10.4. The number of pyridine rings is 1. The molecule has 4 heteroatoms. The molecule has 1 amide bonds. The summed E-state index contributed by atoms with van der Waals surface area (Å²) in [4.78, 5) is 20.4. The van der Waals surface area contributed by atoms with Crippen molar-refractivity contribution in [2.45, 2.75) is 45.1 Å². The molecule has 150 valence electrons. The minimum atomic E-state index is 0.0876. The van der Waals surface area contributed by atoms with Crippen molar-refractivity contribution in [3.63, 3.8) is 0 Å². The molecule has 29 heavy (non-hydrogen) atoms. The van der Waals surface area contributed by atoms with Gasteiger partial charge >= 0.3 is 0 Å². The van der Waals surface area contributed by atoms with Crippen LogP contribution in [0.5, 0.6) is 5.75 Å². The van der Waals surface area contributed by atoms with E-state index in [0.717, 1.165) is 51.9 Å². The lowest BCUT2D eigenvalue weighted by molar-refractivity contribution is 0.0698. The van der Waals surface area contributed by atoms with E-state index in [1.807, 2.05) is 67.4 Å². The molecule has 3 aromatic rings. The minimum absolute atomic E-state index is 0.0876. The Morgan fingerprint density at radius 3 is 2.48 bits per heavy atom. The number of carbonyl (C=O) groups is 1. The van der Waals surface area contributed by atoms with E-state index >= 15 is 0 Å². The van der Waals surface area contributed by atoms with Gasteiger partial charge in [-0.15, -0.1) is 0 Å². The number of rotatable bonds is 4. The summed E-state index contributed by atoms with van der Waals surface area (Å²) in [5, 5.41) is 0.926. The van der Waals surface area contributed by atoms with E-state index in [9.17, 15) is 4.79 Å². The van der Waals surface area contributed by atoms with Gasteiger partial charge in [0.1, 0.15) is 5.75 Å². The number of carbonyl (C=O) groups excluding carboxylic acids is 1. The Hall–Kier alpha value is -2.88. The van der Waals surface area contributed by atoms with Crippen molar-refractivity contribution in [2.24, 2.45) is 0 Å². The molecule has 1 heterocycles. The zero-order valence-electron chi connectivity index (χ0n) is 17.4. The average molecular weight is 389 g/mol. The van der Waals surface area contributed by atoms with Crippen molar-refractivity contribution >= 4 is 16.8 Å². The van der Waals surface area contributed by atoms with Crippen LogP contribution in [0.15, 0.2) is 48.5 Å². The molecule has 1 aliphatic rings. The van der Waals surface area contributed by atoms with E-state index in [2.05, 4.69) is 0 Å². The minimum Gasteiger partial charge on any atom is -0.497 e. The molecule has 2 aromatic carbocycles. The maximum Gasteiger partial charge on any atom is 0.254 e. The second-order valence-electron chi connectivity index (χ2n) is 7.96. The third kappa shape index (κ3) is 3.84. The van der Waals surface area contributed by atoms with Crippen molar-refractivity contribution in [3.05, 3.63) is 59.7 Å². The van der Waals surface area contributed by atoms with Crippen molar-refractivity contribution < 1.29 is 9.53 Å². The Kier molecular flexibility index (Phi) is 5.52. The first-order chi connectivity index (χ1) is 14.1. The summed E-state index contributed by atoms with van der Waals surface area (Å²) < 4.78 is 5.27. The van der Waals surface area contributed by atoms with Gasteiger partial charge in [-0.3, -0.25) is 4.79 Å². The molecule has 4 nitrogen and oxygen atoms in total. The number of fused-ring (bicyclic) bond motifs is 1. The topological polar surface area (TPSA) is 42.4 Å². The molecule has 1 saturated carbocycles. The number of hydrogen-bond acceptors (Lipinski definition) is 3. The number of methoxy groups -OCH3 is 1. The third-order valence-corrected chi connectivity index (χ3v) is 6.10. The third-order valence-electron chi connectivity index (χ3n) is 6.10. The highest BCUT2D eigenvalue weighted by molar-refractivity contribution is 6.07. The highest BCUT2D eigenvalue weighted by Gasteiger charge is 2.25. The smallest absolute Gasteiger partial charge is 0.254 e. The maximum atomic E-state index is 13.5. The van der Waals surface area contributed by atoms with Crippen LogP contribution < -0.4 is 4.74 Å². The van der Waals surface area contributed by atoms with Crippen molar-refractivity contribution in [1.29, 1.82) is 0 Å². The van der Waals surface area contributed by atoms with Crippen LogP contribution in [0.25, 0.3) is 22.2 Å². The molecule has 0 N–H and O–H groups in total. The summed E-state index contributed by atoms with van der Waals surface area (Å²) in [6.07, 6.45) is 5.87. The fourth-order valence-electron chi connectivity index (χ4n) is 4.30. The lowest BCUT2D eigenvalue weighted by Gasteiger charge is -2.31. The van der Waals surface area contributed by atoms with Crippen LogP contribution >= 0.6 is 0 Å². The number of amides is 1. The summed E-state index contributed by atoms with van der Waals surface area (Å²) in [5.74, 6) is 0.892. The van der Waals surface area contributed by atoms with E-state index in [1.54, 1.807) is 7.11 Å². The Morgan fingerprint density at radius 2 is 1.79 bits per heavy atom. The van der Waals surface area contributed by atoms with Gasteiger partial charge in [0.25, 0.3) is 5.91 Å². The zero-order valence-corrected chi connectivity index (χ0v) is 17.4. The number of nitrogens with zero attached hydrogens (tertiary/aromatic N) is 2. The number of aromatic nitrogens is 1. The average Bonchev–Trinajstić information content (AvgIpc) is 2.78. The Labute approximate surface area is 172 Å². The van der Waals surface area contributed by atoms with Crippen LogP contribution in [0.4, 0.5) is 0 Å². The largest absolute Gasteiger partial charge is 0.497 e. The van der Waals surface area contributed by atoms with Crippen LogP contribution in [0.2, 0.25) is 0 Å².